The van der Waals surface area contributed by atoms with E-state index >= 15 is 0 Å². The maximum absolute atomic E-state index is 12.3. The van der Waals surface area contributed by atoms with Gasteiger partial charge in [0.2, 0.25) is 5.88 Å². The first-order valence-electron chi connectivity index (χ1n) is 8.30. The number of amides is 1. The highest BCUT2D eigenvalue weighted by molar-refractivity contribution is 5.93. The van der Waals surface area contributed by atoms with Crippen LogP contribution >= 0.6 is 0 Å². The van der Waals surface area contributed by atoms with E-state index in [1.165, 1.54) is 13.3 Å². The van der Waals surface area contributed by atoms with Crippen LogP contribution in [0.5, 0.6) is 5.88 Å². The lowest BCUT2D eigenvalue weighted by Crippen LogP contribution is -2.24. The van der Waals surface area contributed by atoms with E-state index in [4.69, 9.17) is 4.74 Å². The van der Waals surface area contributed by atoms with Crippen LogP contribution in [0.25, 0.3) is 11.4 Å². The highest BCUT2D eigenvalue weighted by atomic mass is 16.5. The van der Waals surface area contributed by atoms with Gasteiger partial charge in [0.1, 0.15) is 5.82 Å². The fraction of sp³-hybridized carbons (Fsp3) is 0.211. The quantitative estimate of drug-likeness (QED) is 0.714. The van der Waals surface area contributed by atoms with Crippen LogP contribution in [0, 0.1) is 0 Å². The zero-order valence-corrected chi connectivity index (χ0v) is 15.4. The molecule has 3 heterocycles. The number of hydrogen-bond acceptors (Lipinski definition) is 7. The molecule has 1 N–H and O–H groups in total. The number of methoxy groups -OCH3 is 1. The SMILES string of the molecule is COc1ccc(C(=O)NCc2cc(N(C)C)nc(-c3ccncc3)n2)cn1. The molecule has 8 nitrogen and oxygen atoms in total. The van der Waals surface area contributed by atoms with Gasteiger partial charge in [-0.2, -0.15) is 0 Å². The van der Waals surface area contributed by atoms with Crippen LogP contribution < -0.4 is 15.0 Å². The Labute approximate surface area is 157 Å². The van der Waals surface area contributed by atoms with E-state index in [9.17, 15) is 4.79 Å². The number of carbonyl (C=O) groups is 1. The van der Waals surface area contributed by atoms with Crippen LogP contribution in [0.1, 0.15) is 16.1 Å². The van der Waals surface area contributed by atoms with Crippen LogP contribution in [0.15, 0.2) is 48.9 Å². The minimum atomic E-state index is -0.236. The molecule has 1 amide bonds. The number of aromatic nitrogens is 4. The molecule has 0 aromatic carbocycles. The summed E-state index contributed by atoms with van der Waals surface area (Å²) in [6.07, 6.45) is 4.86. The van der Waals surface area contributed by atoms with Gasteiger partial charge in [-0.15, -0.1) is 0 Å². The van der Waals surface area contributed by atoms with E-state index in [0.717, 1.165) is 11.4 Å². The van der Waals surface area contributed by atoms with E-state index in [1.54, 1.807) is 24.5 Å². The molecule has 0 aliphatic carbocycles. The number of nitrogens with one attached hydrogen (secondary N) is 1. The molecular formula is C19H20N6O2. The molecule has 0 saturated carbocycles. The number of nitrogens with zero attached hydrogens (tertiary/aromatic N) is 5. The van der Waals surface area contributed by atoms with Gasteiger partial charge < -0.3 is 15.0 Å². The fourth-order valence-corrected chi connectivity index (χ4v) is 2.34. The maximum Gasteiger partial charge on any atom is 0.253 e. The monoisotopic (exact) mass is 364 g/mol. The summed E-state index contributed by atoms with van der Waals surface area (Å²) in [5.41, 5.74) is 2.02. The summed E-state index contributed by atoms with van der Waals surface area (Å²) in [6.45, 7) is 0.270. The molecule has 3 aromatic rings. The Morgan fingerprint density at radius 2 is 1.93 bits per heavy atom. The van der Waals surface area contributed by atoms with Crippen molar-refractivity contribution in [2.45, 2.75) is 6.54 Å². The van der Waals surface area contributed by atoms with E-state index < -0.39 is 0 Å². The first kappa shape index (κ1) is 18.2. The van der Waals surface area contributed by atoms with Crippen molar-refractivity contribution in [1.82, 2.24) is 25.3 Å². The highest BCUT2D eigenvalue weighted by Gasteiger charge is 2.11. The molecule has 0 unspecified atom stereocenters. The van der Waals surface area contributed by atoms with Crippen molar-refractivity contribution in [2.24, 2.45) is 0 Å². The topological polar surface area (TPSA) is 93.1 Å². The molecule has 3 rings (SSSR count). The molecule has 0 bridgehead atoms. The molecule has 0 fully saturated rings. The van der Waals surface area contributed by atoms with Gasteiger partial charge in [-0.3, -0.25) is 9.78 Å². The number of anilines is 1. The molecular weight excluding hydrogens is 344 g/mol. The van der Waals surface area contributed by atoms with Gasteiger partial charge in [0.05, 0.1) is 24.9 Å². The third kappa shape index (κ3) is 4.55. The van der Waals surface area contributed by atoms with Gasteiger partial charge in [-0.1, -0.05) is 0 Å². The lowest BCUT2D eigenvalue weighted by atomic mass is 10.2. The van der Waals surface area contributed by atoms with E-state index in [1.807, 2.05) is 37.2 Å². The summed E-state index contributed by atoms with van der Waals surface area (Å²) in [4.78, 5) is 31.4. The minimum Gasteiger partial charge on any atom is -0.481 e. The van der Waals surface area contributed by atoms with Gasteiger partial charge in [0.25, 0.3) is 5.91 Å². The van der Waals surface area contributed by atoms with Crippen molar-refractivity contribution in [2.75, 3.05) is 26.1 Å². The summed E-state index contributed by atoms with van der Waals surface area (Å²) in [5, 5.41) is 2.86. The van der Waals surface area contributed by atoms with Crippen LogP contribution in [0.2, 0.25) is 0 Å². The number of ether oxygens (including phenoxy) is 1. The van der Waals surface area contributed by atoms with Crippen molar-refractivity contribution in [1.29, 1.82) is 0 Å². The number of pyridine rings is 2. The Hall–Kier alpha value is -3.55. The fourth-order valence-electron chi connectivity index (χ4n) is 2.34. The molecule has 8 heteroatoms. The molecule has 0 aliphatic heterocycles. The zero-order valence-electron chi connectivity index (χ0n) is 15.4. The van der Waals surface area contributed by atoms with Gasteiger partial charge in [0, 0.05) is 50.4 Å². The number of hydrogen-bond donors (Lipinski definition) is 1. The lowest BCUT2D eigenvalue weighted by molar-refractivity contribution is 0.0950. The zero-order chi connectivity index (χ0) is 19.2. The second-order valence-electron chi connectivity index (χ2n) is 5.94. The summed E-state index contributed by atoms with van der Waals surface area (Å²) in [5.74, 6) is 1.56. The summed E-state index contributed by atoms with van der Waals surface area (Å²) in [7, 11) is 5.34. The smallest absolute Gasteiger partial charge is 0.253 e. The summed E-state index contributed by atoms with van der Waals surface area (Å²) < 4.78 is 5.00. The highest BCUT2D eigenvalue weighted by Crippen LogP contribution is 2.18. The Morgan fingerprint density at radius 1 is 1.15 bits per heavy atom. The predicted octanol–water partition coefficient (Wildman–Crippen LogP) is 1.94. The summed E-state index contributed by atoms with van der Waals surface area (Å²) in [6, 6.07) is 8.84. The molecule has 0 spiro atoms. The van der Waals surface area contributed by atoms with Gasteiger partial charge in [-0.05, 0) is 18.2 Å². The van der Waals surface area contributed by atoms with Gasteiger partial charge in [-0.25, -0.2) is 15.0 Å². The third-order valence-corrected chi connectivity index (χ3v) is 3.80. The first-order valence-corrected chi connectivity index (χ1v) is 8.30. The Balaban J connectivity index is 1.79. The minimum absolute atomic E-state index is 0.236. The number of carbonyl (C=O) groups excluding carboxylic acids is 1. The van der Waals surface area contributed by atoms with Crippen LogP contribution in [0.4, 0.5) is 5.82 Å². The largest absolute Gasteiger partial charge is 0.481 e. The molecule has 0 saturated heterocycles. The van der Waals surface area contributed by atoms with Crippen LogP contribution in [0.3, 0.4) is 0 Å². The lowest BCUT2D eigenvalue weighted by Gasteiger charge is -2.14. The van der Waals surface area contributed by atoms with E-state index in [0.29, 0.717) is 23.0 Å². The molecule has 0 atom stereocenters. The molecule has 138 valence electrons. The van der Waals surface area contributed by atoms with E-state index in [2.05, 4.69) is 25.3 Å². The second kappa shape index (κ2) is 8.22. The predicted molar refractivity (Wildman–Crippen MR) is 102 cm³/mol. The average molecular weight is 364 g/mol. The van der Waals surface area contributed by atoms with Crippen molar-refractivity contribution >= 4 is 11.7 Å². The first-order chi connectivity index (χ1) is 13.1. The van der Waals surface area contributed by atoms with E-state index in [-0.39, 0.29) is 12.5 Å². The van der Waals surface area contributed by atoms with Crippen LogP contribution in [-0.4, -0.2) is 47.0 Å². The molecule has 27 heavy (non-hydrogen) atoms. The normalized spacial score (nSPS) is 10.3. The molecule has 0 radical (unpaired) electrons. The average Bonchev–Trinajstić information content (AvgIpc) is 2.72. The Morgan fingerprint density at radius 3 is 2.56 bits per heavy atom. The second-order valence-corrected chi connectivity index (χ2v) is 5.94. The van der Waals surface area contributed by atoms with Gasteiger partial charge in [0.15, 0.2) is 5.82 Å². The molecule has 3 aromatic heterocycles. The van der Waals surface area contributed by atoms with Gasteiger partial charge >= 0.3 is 0 Å². The number of rotatable bonds is 6. The van der Waals surface area contributed by atoms with Crippen LogP contribution in [-0.2, 0) is 6.54 Å². The van der Waals surface area contributed by atoms with Crippen molar-refractivity contribution in [3.8, 4) is 17.3 Å². The van der Waals surface area contributed by atoms with Crippen molar-refractivity contribution in [3.63, 3.8) is 0 Å². The maximum atomic E-state index is 12.3. The van der Waals surface area contributed by atoms with Crippen molar-refractivity contribution < 1.29 is 9.53 Å². The van der Waals surface area contributed by atoms with Crippen molar-refractivity contribution in [3.05, 3.63) is 60.2 Å². The summed E-state index contributed by atoms with van der Waals surface area (Å²) >= 11 is 0. The Bertz CT molecular complexity index is 913. The molecule has 0 aliphatic rings. The Kier molecular flexibility index (Phi) is 5.55. The standard InChI is InChI=1S/C19H20N6O2/c1-25(2)16-10-15(23-18(24-16)13-6-8-20-9-7-13)12-22-19(26)14-4-5-17(27-3)21-11-14/h4-11H,12H2,1-3H3,(H,22,26). The third-order valence-electron chi connectivity index (χ3n) is 3.80.